The van der Waals surface area contributed by atoms with Crippen LogP contribution in [-0.4, -0.2) is 34.4 Å². The highest BCUT2D eigenvalue weighted by atomic mass is 16.5. The van der Waals surface area contributed by atoms with Crippen molar-refractivity contribution in [1.29, 1.82) is 0 Å². The van der Waals surface area contributed by atoms with Crippen molar-refractivity contribution in [2.45, 2.75) is 6.92 Å². The van der Waals surface area contributed by atoms with Crippen LogP contribution in [0.1, 0.15) is 6.92 Å². The fourth-order valence-corrected chi connectivity index (χ4v) is 3.30. The largest absolute Gasteiger partial charge is 0.512 e. The Kier molecular flexibility index (Phi) is 6.03. The van der Waals surface area contributed by atoms with Crippen LogP contribution in [0.2, 0.25) is 0 Å². The summed E-state index contributed by atoms with van der Waals surface area (Å²) in [5.41, 5.74) is 5.14. The minimum atomic E-state index is -0.670. The third kappa shape index (κ3) is 4.25. The van der Waals surface area contributed by atoms with E-state index in [-0.39, 0.29) is 11.3 Å². The Morgan fingerprint density at radius 1 is 0.875 bits per heavy atom. The number of ether oxygens (including phenoxy) is 1. The Morgan fingerprint density at radius 3 is 2.03 bits per heavy atom. The summed E-state index contributed by atoms with van der Waals surface area (Å²) in [4.78, 5) is 26.2. The maximum absolute atomic E-state index is 11.9. The van der Waals surface area contributed by atoms with Gasteiger partial charge < -0.3 is 9.84 Å². The standard InChI is InChI=1S/C26H21N3O3/c1-17(30)20(26(31)32-2)16-27-21-14-9-15-22-25(21)29-24(19-12-7-4-8-13-19)23(28-22)18-10-5-3-6-11-18/h3-16,30H,1-2H3/b20-17+,27-16?. The van der Waals surface area contributed by atoms with Crippen molar-refractivity contribution < 1.29 is 14.6 Å². The molecule has 0 unspecified atom stereocenters. The van der Waals surface area contributed by atoms with Crippen LogP contribution >= 0.6 is 0 Å². The van der Waals surface area contributed by atoms with Crippen LogP contribution in [0, 0.1) is 0 Å². The molecule has 0 spiro atoms. The zero-order valence-electron chi connectivity index (χ0n) is 17.7. The van der Waals surface area contributed by atoms with Gasteiger partial charge in [0.1, 0.15) is 16.8 Å². The Bertz CT molecular complexity index is 1330. The van der Waals surface area contributed by atoms with Crippen LogP contribution in [0.4, 0.5) is 5.69 Å². The molecule has 0 saturated carbocycles. The first-order chi connectivity index (χ1) is 15.6. The van der Waals surface area contributed by atoms with E-state index in [1.54, 1.807) is 6.07 Å². The van der Waals surface area contributed by atoms with Gasteiger partial charge in [0.2, 0.25) is 0 Å². The molecular formula is C26H21N3O3. The Morgan fingerprint density at radius 2 is 1.47 bits per heavy atom. The van der Waals surface area contributed by atoms with Gasteiger partial charge in [0.05, 0.1) is 29.7 Å². The average Bonchev–Trinajstić information content (AvgIpc) is 2.84. The molecule has 0 saturated heterocycles. The predicted molar refractivity (Wildman–Crippen MR) is 126 cm³/mol. The number of allylic oxidation sites excluding steroid dienone is 1. The van der Waals surface area contributed by atoms with Crippen molar-refractivity contribution in [3.8, 4) is 22.5 Å². The molecule has 4 rings (SSSR count). The highest BCUT2D eigenvalue weighted by Crippen LogP contribution is 2.33. The lowest BCUT2D eigenvalue weighted by atomic mass is 10.0. The molecule has 6 heteroatoms. The minimum absolute atomic E-state index is 0.0262. The summed E-state index contributed by atoms with van der Waals surface area (Å²) in [5, 5.41) is 9.82. The van der Waals surface area contributed by atoms with E-state index in [4.69, 9.17) is 14.7 Å². The lowest BCUT2D eigenvalue weighted by Crippen LogP contribution is -2.08. The summed E-state index contributed by atoms with van der Waals surface area (Å²) in [6.07, 6.45) is 1.28. The first-order valence-corrected chi connectivity index (χ1v) is 10.0. The molecule has 3 aromatic carbocycles. The SMILES string of the molecule is COC(=O)/C(C=Nc1cccc2nc(-c3ccccc3)c(-c3ccccc3)nc12)=C(\C)O. The molecule has 32 heavy (non-hydrogen) atoms. The molecule has 0 aliphatic heterocycles. The molecule has 0 fully saturated rings. The van der Waals surface area contributed by atoms with E-state index in [0.29, 0.717) is 16.7 Å². The van der Waals surface area contributed by atoms with Crippen LogP contribution in [0.25, 0.3) is 33.5 Å². The van der Waals surface area contributed by atoms with Gasteiger partial charge >= 0.3 is 5.97 Å². The number of carbonyl (C=O) groups is 1. The maximum atomic E-state index is 11.9. The number of rotatable bonds is 5. The molecular weight excluding hydrogens is 402 g/mol. The number of hydrogen-bond acceptors (Lipinski definition) is 6. The van der Waals surface area contributed by atoms with Crippen LogP contribution in [-0.2, 0) is 9.53 Å². The number of aromatic nitrogens is 2. The Balaban J connectivity index is 1.92. The van der Waals surface area contributed by atoms with Gasteiger partial charge in [-0.05, 0) is 19.1 Å². The number of aliphatic hydroxyl groups excluding tert-OH is 1. The highest BCUT2D eigenvalue weighted by molar-refractivity contribution is 6.11. The smallest absolute Gasteiger partial charge is 0.342 e. The average molecular weight is 423 g/mol. The number of esters is 1. The number of hydrogen-bond donors (Lipinski definition) is 1. The summed E-state index contributed by atoms with van der Waals surface area (Å²) < 4.78 is 4.72. The quantitative estimate of drug-likeness (QED) is 0.193. The number of aliphatic imine (C=N–C) groups is 1. The van der Waals surface area contributed by atoms with Gasteiger partial charge in [0, 0.05) is 17.3 Å². The second-order valence-electron chi connectivity index (χ2n) is 7.05. The van der Waals surface area contributed by atoms with Crippen molar-refractivity contribution in [1.82, 2.24) is 9.97 Å². The fraction of sp³-hybridized carbons (Fsp3) is 0.0769. The second kappa shape index (κ2) is 9.22. The van der Waals surface area contributed by atoms with Crippen molar-refractivity contribution in [2.75, 3.05) is 7.11 Å². The minimum Gasteiger partial charge on any atom is -0.512 e. The number of para-hydroxylation sites is 1. The number of benzene rings is 3. The summed E-state index contributed by atoms with van der Waals surface area (Å²) >= 11 is 0. The zero-order chi connectivity index (χ0) is 22.5. The number of carbonyl (C=O) groups excluding carboxylic acids is 1. The van der Waals surface area contributed by atoms with Gasteiger partial charge in [0.25, 0.3) is 0 Å². The molecule has 0 aliphatic rings. The van der Waals surface area contributed by atoms with E-state index >= 15 is 0 Å². The molecule has 6 nitrogen and oxygen atoms in total. The van der Waals surface area contributed by atoms with Gasteiger partial charge in [-0.15, -0.1) is 0 Å². The molecule has 1 aromatic heterocycles. The molecule has 0 bridgehead atoms. The van der Waals surface area contributed by atoms with Crippen LogP contribution in [0.15, 0.2) is 95.2 Å². The lowest BCUT2D eigenvalue weighted by Gasteiger charge is -2.11. The van der Waals surface area contributed by atoms with Gasteiger partial charge in [-0.3, -0.25) is 4.99 Å². The second-order valence-corrected chi connectivity index (χ2v) is 7.05. The van der Waals surface area contributed by atoms with Crippen molar-refractivity contribution in [2.24, 2.45) is 4.99 Å². The van der Waals surface area contributed by atoms with E-state index in [1.807, 2.05) is 72.8 Å². The lowest BCUT2D eigenvalue weighted by molar-refractivity contribution is -0.135. The van der Waals surface area contributed by atoms with Crippen molar-refractivity contribution in [3.05, 3.63) is 90.2 Å². The number of methoxy groups -OCH3 is 1. The summed E-state index contributed by atoms with van der Waals surface area (Å²) in [7, 11) is 1.25. The molecule has 0 radical (unpaired) electrons. The van der Waals surface area contributed by atoms with Gasteiger partial charge in [-0.2, -0.15) is 0 Å². The molecule has 1 heterocycles. The number of fused-ring (bicyclic) bond motifs is 1. The first-order valence-electron chi connectivity index (χ1n) is 10.0. The fourth-order valence-electron chi connectivity index (χ4n) is 3.30. The van der Waals surface area contributed by atoms with E-state index < -0.39 is 5.97 Å². The van der Waals surface area contributed by atoms with Crippen LogP contribution < -0.4 is 0 Å². The first kappa shape index (κ1) is 20.9. The zero-order valence-corrected chi connectivity index (χ0v) is 17.7. The topological polar surface area (TPSA) is 84.7 Å². The monoisotopic (exact) mass is 423 g/mol. The Hall–Kier alpha value is -4.32. The van der Waals surface area contributed by atoms with E-state index in [9.17, 15) is 9.90 Å². The molecule has 158 valence electrons. The van der Waals surface area contributed by atoms with Crippen molar-refractivity contribution in [3.63, 3.8) is 0 Å². The summed E-state index contributed by atoms with van der Waals surface area (Å²) in [5.74, 6) is -0.848. The van der Waals surface area contributed by atoms with Gasteiger partial charge in [-0.1, -0.05) is 66.7 Å². The molecule has 0 amide bonds. The van der Waals surface area contributed by atoms with Crippen LogP contribution in [0.5, 0.6) is 0 Å². The normalized spacial score (nSPS) is 12.1. The van der Waals surface area contributed by atoms with E-state index in [2.05, 4.69) is 4.99 Å². The van der Waals surface area contributed by atoms with Crippen molar-refractivity contribution >= 4 is 28.9 Å². The van der Waals surface area contributed by atoms with Gasteiger partial charge in [0.15, 0.2) is 0 Å². The van der Waals surface area contributed by atoms with E-state index in [0.717, 1.165) is 22.5 Å². The number of nitrogens with zero attached hydrogens (tertiary/aromatic N) is 3. The van der Waals surface area contributed by atoms with Crippen LogP contribution in [0.3, 0.4) is 0 Å². The molecule has 1 N–H and O–H groups in total. The Labute approximate surface area is 185 Å². The number of aliphatic hydroxyl groups is 1. The summed E-state index contributed by atoms with van der Waals surface area (Å²) in [6, 6.07) is 25.2. The third-order valence-electron chi connectivity index (χ3n) is 4.90. The third-order valence-corrected chi connectivity index (χ3v) is 4.90. The molecule has 4 aromatic rings. The molecule has 0 aliphatic carbocycles. The predicted octanol–water partition coefficient (Wildman–Crippen LogP) is 5.67. The van der Waals surface area contributed by atoms with E-state index in [1.165, 1.54) is 20.2 Å². The summed E-state index contributed by atoms with van der Waals surface area (Å²) in [6.45, 7) is 1.40. The highest BCUT2D eigenvalue weighted by Gasteiger charge is 2.15. The van der Waals surface area contributed by atoms with Gasteiger partial charge in [-0.25, -0.2) is 14.8 Å². The molecule has 0 atom stereocenters. The maximum Gasteiger partial charge on any atom is 0.342 e.